The first kappa shape index (κ1) is 16.5. The zero-order chi connectivity index (χ0) is 17.6. The summed E-state index contributed by atoms with van der Waals surface area (Å²) in [7, 11) is 1.67. The number of hydrogen-bond donors (Lipinski definition) is 0. The maximum atomic E-state index is 13.0. The number of fused-ring (bicyclic) bond motifs is 3. The Morgan fingerprint density at radius 3 is 2.58 bits per heavy atom. The van der Waals surface area contributed by atoms with Gasteiger partial charge in [-0.15, -0.1) is 0 Å². The van der Waals surface area contributed by atoms with Crippen LogP contribution in [-0.4, -0.2) is 30.4 Å². The number of imidazole rings is 1. The van der Waals surface area contributed by atoms with Gasteiger partial charge < -0.3 is 0 Å². The van der Waals surface area contributed by atoms with Gasteiger partial charge in [0.25, 0.3) is 5.56 Å². The molecular weight excluding hydrogens is 308 g/mol. The van der Waals surface area contributed by atoms with Crippen molar-refractivity contribution in [3.8, 4) is 0 Å². The molecule has 0 saturated heterocycles. The smallest absolute Gasteiger partial charge is 0.297 e. The number of aromatic nitrogens is 4. The summed E-state index contributed by atoms with van der Waals surface area (Å²) in [6.45, 7) is 8.95. The molecule has 130 valence electrons. The van der Waals surface area contributed by atoms with E-state index in [0.29, 0.717) is 30.2 Å². The lowest BCUT2D eigenvalue weighted by Gasteiger charge is -2.27. The SMILES string of the molecule is CCCCn1c(=O)c2c(nc3n2CC(C)=NN3C(C)C)n(C)c1=O. The Balaban J connectivity index is 2.33. The molecule has 24 heavy (non-hydrogen) atoms. The van der Waals surface area contributed by atoms with Crippen LogP contribution >= 0.6 is 0 Å². The number of hydrazone groups is 1. The van der Waals surface area contributed by atoms with Gasteiger partial charge in [0.05, 0.1) is 18.3 Å². The predicted octanol–water partition coefficient (Wildman–Crippen LogP) is 1.30. The van der Waals surface area contributed by atoms with Crippen LogP contribution in [0.2, 0.25) is 0 Å². The predicted molar refractivity (Wildman–Crippen MR) is 94.9 cm³/mol. The standard InChI is InChI=1S/C16H24N6O2/c1-6-7-8-20-14(23)12-13(19(5)16(20)24)17-15-21(12)9-11(4)18-22(15)10(2)3/h10H,6-9H2,1-5H3. The maximum absolute atomic E-state index is 13.0. The molecule has 3 rings (SSSR count). The topological polar surface area (TPSA) is 77.4 Å². The van der Waals surface area contributed by atoms with Crippen molar-refractivity contribution in [3.63, 3.8) is 0 Å². The van der Waals surface area contributed by atoms with Crippen molar-refractivity contribution in [2.45, 2.75) is 59.7 Å². The summed E-state index contributed by atoms with van der Waals surface area (Å²) in [5.41, 5.74) is 1.22. The fourth-order valence-electron chi connectivity index (χ4n) is 3.03. The lowest BCUT2D eigenvalue weighted by molar-refractivity contribution is 0.565. The molecule has 0 bridgehead atoms. The molecule has 0 spiro atoms. The first-order valence-electron chi connectivity index (χ1n) is 8.40. The molecule has 2 aromatic rings. The zero-order valence-corrected chi connectivity index (χ0v) is 14.9. The second-order valence-electron chi connectivity index (χ2n) is 6.60. The Labute approximate surface area is 140 Å². The zero-order valence-electron chi connectivity index (χ0n) is 14.9. The van der Waals surface area contributed by atoms with Crippen LogP contribution in [-0.2, 0) is 20.1 Å². The lowest BCUT2D eigenvalue weighted by Crippen LogP contribution is -2.40. The third-order valence-electron chi connectivity index (χ3n) is 4.31. The molecule has 1 aliphatic rings. The summed E-state index contributed by atoms with van der Waals surface area (Å²) in [6, 6.07) is 0.107. The molecule has 0 amide bonds. The summed E-state index contributed by atoms with van der Waals surface area (Å²) < 4.78 is 4.66. The van der Waals surface area contributed by atoms with E-state index in [0.717, 1.165) is 18.6 Å². The Morgan fingerprint density at radius 2 is 1.96 bits per heavy atom. The number of rotatable bonds is 4. The highest BCUT2D eigenvalue weighted by Gasteiger charge is 2.27. The van der Waals surface area contributed by atoms with E-state index in [2.05, 4.69) is 10.1 Å². The number of unbranched alkanes of at least 4 members (excludes halogenated alkanes) is 1. The fourth-order valence-corrected chi connectivity index (χ4v) is 3.03. The Bertz CT molecular complexity index is 931. The summed E-state index contributed by atoms with van der Waals surface area (Å²) >= 11 is 0. The van der Waals surface area contributed by atoms with Crippen LogP contribution in [0.15, 0.2) is 14.7 Å². The van der Waals surface area contributed by atoms with Gasteiger partial charge in [-0.2, -0.15) is 10.1 Å². The van der Waals surface area contributed by atoms with Gasteiger partial charge in [0, 0.05) is 13.6 Å². The van der Waals surface area contributed by atoms with Crippen molar-refractivity contribution >= 4 is 22.8 Å². The summed E-state index contributed by atoms with van der Waals surface area (Å²) in [6.07, 6.45) is 1.71. The Kier molecular flexibility index (Phi) is 4.06. The summed E-state index contributed by atoms with van der Waals surface area (Å²) in [5.74, 6) is 0.617. The average Bonchev–Trinajstić information content (AvgIpc) is 2.91. The van der Waals surface area contributed by atoms with Crippen LogP contribution < -0.4 is 16.3 Å². The molecule has 0 aliphatic carbocycles. The van der Waals surface area contributed by atoms with Crippen molar-refractivity contribution in [2.24, 2.45) is 12.1 Å². The molecule has 1 aliphatic heterocycles. The van der Waals surface area contributed by atoms with Gasteiger partial charge in [-0.05, 0) is 27.2 Å². The van der Waals surface area contributed by atoms with E-state index >= 15 is 0 Å². The monoisotopic (exact) mass is 332 g/mol. The molecular formula is C16H24N6O2. The second-order valence-corrected chi connectivity index (χ2v) is 6.60. The summed E-state index contributed by atoms with van der Waals surface area (Å²) in [4.78, 5) is 30.1. The van der Waals surface area contributed by atoms with E-state index in [4.69, 9.17) is 0 Å². The third kappa shape index (κ3) is 2.37. The molecule has 3 heterocycles. The van der Waals surface area contributed by atoms with Crippen LogP contribution in [0.4, 0.5) is 5.95 Å². The van der Waals surface area contributed by atoms with E-state index in [1.54, 1.807) is 12.1 Å². The molecule has 0 N–H and O–H groups in total. The average molecular weight is 332 g/mol. The van der Waals surface area contributed by atoms with Crippen LogP contribution in [0.1, 0.15) is 40.5 Å². The first-order valence-corrected chi connectivity index (χ1v) is 8.40. The molecule has 0 radical (unpaired) electrons. The van der Waals surface area contributed by atoms with Gasteiger partial charge >= 0.3 is 5.69 Å². The largest absolute Gasteiger partial charge is 0.332 e. The molecule has 0 unspecified atom stereocenters. The summed E-state index contributed by atoms with van der Waals surface area (Å²) in [5, 5.41) is 6.35. The lowest BCUT2D eigenvalue weighted by atomic mass is 10.3. The molecule has 0 fully saturated rings. The van der Waals surface area contributed by atoms with Crippen molar-refractivity contribution in [1.82, 2.24) is 18.7 Å². The van der Waals surface area contributed by atoms with E-state index in [9.17, 15) is 9.59 Å². The van der Waals surface area contributed by atoms with Gasteiger partial charge in [-0.25, -0.2) is 9.80 Å². The second kappa shape index (κ2) is 5.92. The van der Waals surface area contributed by atoms with E-state index in [1.165, 1.54) is 9.13 Å². The van der Waals surface area contributed by atoms with E-state index < -0.39 is 0 Å². The Morgan fingerprint density at radius 1 is 1.25 bits per heavy atom. The number of nitrogens with zero attached hydrogens (tertiary/aromatic N) is 6. The van der Waals surface area contributed by atoms with Crippen molar-refractivity contribution < 1.29 is 0 Å². The molecule has 0 saturated carbocycles. The fraction of sp³-hybridized carbons (Fsp3) is 0.625. The van der Waals surface area contributed by atoms with Crippen LogP contribution in [0.25, 0.3) is 11.2 Å². The van der Waals surface area contributed by atoms with Gasteiger partial charge in [-0.1, -0.05) is 13.3 Å². The molecule has 0 aromatic carbocycles. The van der Waals surface area contributed by atoms with Crippen LogP contribution in [0.3, 0.4) is 0 Å². The van der Waals surface area contributed by atoms with Crippen LogP contribution in [0.5, 0.6) is 0 Å². The molecule has 2 aromatic heterocycles. The van der Waals surface area contributed by atoms with Crippen molar-refractivity contribution in [2.75, 3.05) is 5.01 Å². The highest BCUT2D eigenvalue weighted by Crippen LogP contribution is 2.25. The quantitative estimate of drug-likeness (QED) is 0.845. The van der Waals surface area contributed by atoms with Crippen LogP contribution in [0, 0.1) is 0 Å². The van der Waals surface area contributed by atoms with Crippen molar-refractivity contribution in [3.05, 3.63) is 20.8 Å². The highest BCUT2D eigenvalue weighted by molar-refractivity contribution is 5.87. The molecule has 0 atom stereocenters. The van der Waals surface area contributed by atoms with Crippen molar-refractivity contribution in [1.29, 1.82) is 0 Å². The van der Waals surface area contributed by atoms with E-state index in [1.807, 2.05) is 32.3 Å². The van der Waals surface area contributed by atoms with E-state index in [-0.39, 0.29) is 17.3 Å². The molecule has 8 heteroatoms. The minimum atomic E-state index is -0.315. The van der Waals surface area contributed by atoms with Gasteiger partial charge in [0.15, 0.2) is 11.2 Å². The highest BCUT2D eigenvalue weighted by atomic mass is 16.2. The number of hydrogen-bond acceptors (Lipinski definition) is 5. The maximum Gasteiger partial charge on any atom is 0.332 e. The third-order valence-corrected chi connectivity index (χ3v) is 4.31. The minimum absolute atomic E-state index is 0.107. The number of anilines is 1. The first-order chi connectivity index (χ1) is 11.4. The minimum Gasteiger partial charge on any atom is -0.297 e. The molecule has 8 nitrogen and oxygen atoms in total. The normalized spacial score (nSPS) is 14.4. The number of aryl methyl sites for hydroxylation is 1. The van der Waals surface area contributed by atoms with Gasteiger partial charge in [0.2, 0.25) is 5.95 Å². The Hall–Kier alpha value is -2.38. The van der Waals surface area contributed by atoms with Gasteiger partial charge in [-0.3, -0.25) is 18.5 Å². The van der Waals surface area contributed by atoms with Gasteiger partial charge in [0.1, 0.15) is 0 Å².